The van der Waals surface area contributed by atoms with Gasteiger partial charge in [0.25, 0.3) is 0 Å². The minimum atomic E-state index is -3.74. The molecule has 0 spiro atoms. The molecule has 21 heavy (non-hydrogen) atoms. The van der Waals surface area contributed by atoms with Crippen LogP contribution in [0.2, 0.25) is 0 Å². The lowest BCUT2D eigenvalue weighted by Gasteiger charge is -2.17. The van der Waals surface area contributed by atoms with Crippen LogP contribution in [0.25, 0.3) is 0 Å². The van der Waals surface area contributed by atoms with E-state index in [4.69, 9.17) is 9.88 Å². The van der Waals surface area contributed by atoms with Gasteiger partial charge in [0.05, 0.1) is 17.1 Å². The highest BCUT2D eigenvalue weighted by Crippen LogP contribution is 2.09. The number of primary sulfonamides is 1. The first-order chi connectivity index (χ1) is 9.88. The zero-order valence-electron chi connectivity index (χ0n) is 12.4. The van der Waals surface area contributed by atoms with E-state index in [1.165, 1.54) is 24.3 Å². The lowest BCUT2D eigenvalue weighted by atomic mass is 10.2. The summed E-state index contributed by atoms with van der Waals surface area (Å²) in [6, 6.07) is 5.38. The van der Waals surface area contributed by atoms with Gasteiger partial charge >= 0.3 is 5.97 Å². The lowest BCUT2D eigenvalue weighted by molar-refractivity contribution is 0.0489. The van der Waals surface area contributed by atoms with Crippen LogP contribution in [0.3, 0.4) is 0 Å². The van der Waals surface area contributed by atoms with Crippen molar-refractivity contribution in [2.24, 2.45) is 5.14 Å². The Balaban J connectivity index is 2.46. The van der Waals surface area contributed by atoms with Crippen LogP contribution >= 0.6 is 0 Å². The normalized spacial score (nSPS) is 11.6. The zero-order chi connectivity index (χ0) is 15.9. The molecule has 0 heterocycles. The fourth-order valence-electron chi connectivity index (χ4n) is 1.86. The minimum absolute atomic E-state index is 0.0272. The number of hydrogen-bond donors (Lipinski definition) is 1. The van der Waals surface area contributed by atoms with E-state index in [2.05, 4.69) is 18.7 Å². The van der Waals surface area contributed by atoms with Gasteiger partial charge < -0.3 is 9.64 Å². The van der Waals surface area contributed by atoms with Crippen LogP contribution in [0.4, 0.5) is 0 Å². The van der Waals surface area contributed by atoms with Crippen LogP contribution in [0, 0.1) is 0 Å². The molecule has 6 nitrogen and oxygen atoms in total. The standard InChI is InChI=1S/C14H22N2O4S/c1-3-16(4-2)10-5-11-20-14(17)12-6-8-13(9-7-12)21(15,18)19/h6-9H,3-5,10-11H2,1-2H3,(H2,15,18,19). The summed E-state index contributed by atoms with van der Waals surface area (Å²) in [5.41, 5.74) is 0.310. The number of nitrogens with two attached hydrogens (primary N) is 1. The molecule has 0 aliphatic heterocycles. The largest absolute Gasteiger partial charge is 0.462 e. The van der Waals surface area contributed by atoms with Crippen molar-refractivity contribution < 1.29 is 17.9 Å². The van der Waals surface area contributed by atoms with E-state index >= 15 is 0 Å². The average Bonchev–Trinajstić information content (AvgIpc) is 2.46. The van der Waals surface area contributed by atoms with Gasteiger partial charge in [0.15, 0.2) is 0 Å². The molecule has 0 aromatic heterocycles. The molecule has 0 atom stereocenters. The van der Waals surface area contributed by atoms with E-state index in [-0.39, 0.29) is 4.90 Å². The number of carbonyl (C=O) groups excluding carboxylic acids is 1. The van der Waals surface area contributed by atoms with Gasteiger partial charge in [-0.05, 0) is 43.8 Å². The van der Waals surface area contributed by atoms with Gasteiger partial charge in [0, 0.05) is 6.54 Å². The molecule has 0 bridgehead atoms. The molecule has 0 radical (unpaired) electrons. The van der Waals surface area contributed by atoms with Crippen molar-refractivity contribution in [1.82, 2.24) is 4.90 Å². The Morgan fingerprint density at radius 3 is 2.24 bits per heavy atom. The number of nitrogens with zero attached hydrogens (tertiary/aromatic N) is 1. The van der Waals surface area contributed by atoms with Crippen molar-refractivity contribution >= 4 is 16.0 Å². The molecular formula is C14H22N2O4S. The lowest BCUT2D eigenvalue weighted by Crippen LogP contribution is -2.25. The Kier molecular flexibility index (Phi) is 6.80. The van der Waals surface area contributed by atoms with Crippen molar-refractivity contribution in [3.63, 3.8) is 0 Å². The number of sulfonamides is 1. The maximum Gasteiger partial charge on any atom is 0.338 e. The number of ether oxygens (including phenoxy) is 1. The molecule has 0 aliphatic carbocycles. The molecule has 0 amide bonds. The first-order valence-electron chi connectivity index (χ1n) is 6.90. The average molecular weight is 314 g/mol. The third kappa shape index (κ3) is 5.82. The summed E-state index contributed by atoms with van der Waals surface area (Å²) < 4.78 is 27.4. The van der Waals surface area contributed by atoms with Crippen molar-refractivity contribution in [2.75, 3.05) is 26.2 Å². The smallest absolute Gasteiger partial charge is 0.338 e. The summed E-state index contributed by atoms with van der Waals surface area (Å²) in [6.45, 7) is 7.33. The van der Waals surface area contributed by atoms with Crippen LogP contribution in [0.1, 0.15) is 30.6 Å². The van der Waals surface area contributed by atoms with Gasteiger partial charge in [-0.25, -0.2) is 18.4 Å². The van der Waals surface area contributed by atoms with Crippen LogP contribution in [0.5, 0.6) is 0 Å². The molecular weight excluding hydrogens is 292 g/mol. The number of hydrogen-bond acceptors (Lipinski definition) is 5. The molecule has 0 aliphatic rings. The molecule has 1 rings (SSSR count). The first-order valence-corrected chi connectivity index (χ1v) is 8.45. The van der Waals surface area contributed by atoms with Crippen LogP contribution in [-0.2, 0) is 14.8 Å². The predicted octanol–water partition coefficient (Wildman–Crippen LogP) is 1.22. The topological polar surface area (TPSA) is 89.7 Å². The van der Waals surface area contributed by atoms with E-state index in [1.54, 1.807) is 0 Å². The van der Waals surface area contributed by atoms with Crippen molar-refractivity contribution in [3.05, 3.63) is 29.8 Å². The summed E-state index contributed by atoms with van der Waals surface area (Å²) in [6.07, 6.45) is 0.767. The molecule has 2 N–H and O–H groups in total. The number of carbonyl (C=O) groups is 1. The third-order valence-electron chi connectivity index (χ3n) is 3.16. The van der Waals surface area contributed by atoms with Crippen molar-refractivity contribution in [2.45, 2.75) is 25.2 Å². The molecule has 0 saturated carbocycles. The SMILES string of the molecule is CCN(CC)CCCOC(=O)c1ccc(S(N)(=O)=O)cc1. The number of benzene rings is 1. The van der Waals surface area contributed by atoms with E-state index < -0.39 is 16.0 Å². The van der Waals surface area contributed by atoms with Crippen molar-refractivity contribution in [1.29, 1.82) is 0 Å². The quantitative estimate of drug-likeness (QED) is 0.575. The summed E-state index contributed by atoms with van der Waals surface area (Å²) in [7, 11) is -3.74. The molecule has 7 heteroatoms. The second kappa shape index (κ2) is 8.11. The molecule has 0 fully saturated rings. The van der Waals surface area contributed by atoms with Gasteiger partial charge in [0.1, 0.15) is 0 Å². The third-order valence-corrected chi connectivity index (χ3v) is 4.09. The van der Waals surface area contributed by atoms with Gasteiger partial charge in [-0.15, -0.1) is 0 Å². The summed E-state index contributed by atoms with van der Waals surface area (Å²) in [4.78, 5) is 14.0. The molecule has 118 valence electrons. The fraction of sp³-hybridized carbons (Fsp3) is 0.500. The molecule has 0 saturated heterocycles. The Labute approximate surface area is 125 Å². The second-order valence-corrected chi connectivity index (χ2v) is 6.15. The minimum Gasteiger partial charge on any atom is -0.462 e. The van der Waals surface area contributed by atoms with Gasteiger partial charge in [-0.1, -0.05) is 13.8 Å². The Morgan fingerprint density at radius 1 is 1.19 bits per heavy atom. The summed E-state index contributed by atoms with van der Waals surface area (Å²) >= 11 is 0. The Morgan fingerprint density at radius 2 is 1.76 bits per heavy atom. The highest BCUT2D eigenvalue weighted by atomic mass is 32.2. The zero-order valence-corrected chi connectivity index (χ0v) is 13.2. The van der Waals surface area contributed by atoms with E-state index in [0.717, 1.165) is 26.1 Å². The fourth-order valence-corrected chi connectivity index (χ4v) is 2.37. The number of rotatable bonds is 8. The van der Waals surface area contributed by atoms with E-state index in [9.17, 15) is 13.2 Å². The highest BCUT2D eigenvalue weighted by Gasteiger charge is 2.11. The van der Waals surface area contributed by atoms with E-state index in [0.29, 0.717) is 12.2 Å². The van der Waals surface area contributed by atoms with Gasteiger partial charge in [0.2, 0.25) is 10.0 Å². The summed E-state index contributed by atoms with van der Waals surface area (Å²) in [5, 5.41) is 4.99. The van der Waals surface area contributed by atoms with Gasteiger partial charge in [-0.2, -0.15) is 0 Å². The highest BCUT2D eigenvalue weighted by molar-refractivity contribution is 7.89. The first kappa shape index (κ1) is 17.6. The predicted molar refractivity (Wildman–Crippen MR) is 80.5 cm³/mol. The molecule has 1 aromatic rings. The molecule has 0 unspecified atom stereocenters. The molecule has 1 aromatic carbocycles. The Bertz CT molecular complexity index is 551. The van der Waals surface area contributed by atoms with Gasteiger partial charge in [-0.3, -0.25) is 0 Å². The monoisotopic (exact) mass is 314 g/mol. The van der Waals surface area contributed by atoms with Crippen LogP contribution in [0.15, 0.2) is 29.2 Å². The maximum absolute atomic E-state index is 11.8. The van der Waals surface area contributed by atoms with E-state index in [1.807, 2.05) is 0 Å². The van der Waals surface area contributed by atoms with Crippen LogP contribution in [-0.4, -0.2) is 45.5 Å². The Hall–Kier alpha value is -1.44. The van der Waals surface area contributed by atoms with Crippen LogP contribution < -0.4 is 5.14 Å². The number of esters is 1. The second-order valence-electron chi connectivity index (χ2n) is 4.59. The van der Waals surface area contributed by atoms with Crippen molar-refractivity contribution in [3.8, 4) is 0 Å². The maximum atomic E-state index is 11.8. The summed E-state index contributed by atoms with van der Waals surface area (Å²) in [5.74, 6) is -0.462.